The molecule has 1 aromatic rings. The molecule has 0 bridgehead atoms. The lowest BCUT2D eigenvalue weighted by molar-refractivity contribution is -0.278. The van der Waals surface area contributed by atoms with Crippen molar-refractivity contribution in [3.8, 4) is 0 Å². The van der Waals surface area contributed by atoms with Crippen molar-refractivity contribution in [2.75, 3.05) is 0 Å². The maximum absolute atomic E-state index is 12.5. The molecule has 0 atom stereocenters. The zero-order valence-corrected chi connectivity index (χ0v) is 12.8. The Labute approximate surface area is 116 Å². The van der Waals surface area contributed by atoms with Gasteiger partial charge in [0.1, 0.15) is 5.66 Å². The summed E-state index contributed by atoms with van der Waals surface area (Å²) in [5, 5.41) is 21.5. The van der Waals surface area contributed by atoms with Crippen molar-refractivity contribution in [2.24, 2.45) is 0 Å². The van der Waals surface area contributed by atoms with Crippen LogP contribution in [-0.4, -0.2) is 15.4 Å². The number of thiazole rings is 1. The van der Waals surface area contributed by atoms with Crippen LogP contribution < -0.4 is 4.80 Å². The van der Waals surface area contributed by atoms with Crippen LogP contribution in [0.3, 0.4) is 0 Å². The normalized spacial score (nSPS) is 20.5. The molecule has 1 radical (unpaired) electrons. The molecule has 19 heavy (non-hydrogen) atoms. The summed E-state index contributed by atoms with van der Waals surface area (Å²) in [6.45, 7) is 9.16. The molecule has 2 rings (SSSR count). The summed E-state index contributed by atoms with van der Waals surface area (Å²) in [4.78, 5) is 13.1. The Bertz CT molecular complexity index is 583. The van der Waals surface area contributed by atoms with Gasteiger partial charge in [-0.1, -0.05) is 18.3 Å². The Hall–Kier alpha value is -0.980. The van der Waals surface area contributed by atoms with Gasteiger partial charge in [-0.3, -0.25) is 14.8 Å². The summed E-state index contributed by atoms with van der Waals surface area (Å²) in [6, 6.07) is 0. The minimum Gasteiger partial charge on any atom is -0.298 e. The number of nitrogens with zero attached hydrogens (tertiary/aromatic N) is 2. The molecule has 1 aromatic heterocycles. The number of Topliss-reactive ketones (excluding diaryl/α,β-unsaturated/α-hetero) is 1. The molecule has 105 valence electrons. The molecule has 0 amide bonds. The van der Waals surface area contributed by atoms with Crippen molar-refractivity contribution in [1.82, 2.24) is 9.63 Å². The highest BCUT2D eigenvalue weighted by Gasteiger charge is 2.53. The third-order valence-corrected chi connectivity index (χ3v) is 4.70. The molecular weight excluding hydrogens is 262 g/mol. The van der Waals surface area contributed by atoms with Crippen LogP contribution in [0.2, 0.25) is 0 Å². The van der Waals surface area contributed by atoms with Crippen molar-refractivity contribution < 1.29 is 10.0 Å². The second-order valence-electron chi connectivity index (χ2n) is 5.94. The molecular formula is C13H20N3O2S. The predicted molar refractivity (Wildman–Crippen MR) is 72.3 cm³/mol. The summed E-state index contributed by atoms with van der Waals surface area (Å²) in [7, 11) is 0. The molecule has 0 fully saturated rings. The van der Waals surface area contributed by atoms with Gasteiger partial charge >= 0.3 is 0 Å². The van der Waals surface area contributed by atoms with Crippen LogP contribution in [0.4, 0.5) is 0 Å². The van der Waals surface area contributed by atoms with Gasteiger partial charge in [-0.05, 0) is 34.1 Å². The molecule has 2 heterocycles. The Morgan fingerprint density at radius 2 is 1.89 bits per heavy atom. The smallest absolute Gasteiger partial charge is 0.184 e. The summed E-state index contributed by atoms with van der Waals surface area (Å²) in [5.74, 6) is 0.0360. The Balaban J connectivity index is 2.71. The first-order chi connectivity index (χ1) is 8.65. The lowest BCUT2D eigenvalue weighted by atomic mass is 9.98. The first-order valence-corrected chi connectivity index (χ1v) is 7.29. The molecule has 0 aromatic carbocycles. The van der Waals surface area contributed by atoms with E-state index in [1.807, 2.05) is 20.8 Å². The van der Waals surface area contributed by atoms with Crippen molar-refractivity contribution >= 4 is 17.1 Å². The number of ketones is 1. The Morgan fingerprint density at radius 1 is 1.32 bits per heavy atom. The maximum Gasteiger partial charge on any atom is 0.184 e. The maximum atomic E-state index is 12.5. The van der Waals surface area contributed by atoms with Crippen molar-refractivity contribution in [1.29, 1.82) is 5.41 Å². The van der Waals surface area contributed by atoms with Gasteiger partial charge in [0, 0.05) is 6.42 Å². The van der Waals surface area contributed by atoms with Gasteiger partial charge in [0.2, 0.25) is 0 Å². The largest absolute Gasteiger partial charge is 0.298 e. The van der Waals surface area contributed by atoms with E-state index in [4.69, 9.17) is 5.41 Å². The fourth-order valence-corrected chi connectivity index (χ4v) is 4.12. The van der Waals surface area contributed by atoms with Gasteiger partial charge in [0.25, 0.3) is 0 Å². The number of hydrogen-bond donors (Lipinski definition) is 1. The van der Waals surface area contributed by atoms with Crippen molar-refractivity contribution in [3.05, 3.63) is 15.4 Å². The van der Waals surface area contributed by atoms with Gasteiger partial charge in [0.15, 0.2) is 10.6 Å². The average molecular weight is 282 g/mol. The van der Waals surface area contributed by atoms with E-state index in [9.17, 15) is 10.0 Å². The lowest BCUT2D eigenvalue weighted by Crippen LogP contribution is -2.45. The van der Waals surface area contributed by atoms with Crippen LogP contribution in [0.15, 0.2) is 0 Å². The molecule has 0 saturated heterocycles. The van der Waals surface area contributed by atoms with Crippen LogP contribution >= 0.6 is 11.3 Å². The van der Waals surface area contributed by atoms with E-state index in [1.54, 1.807) is 18.4 Å². The van der Waals surface area contributed by atoms with Gasteiger partial charge in [-0.15, -0.1) is 10.3 Å². The first kappa shape index (κ1) is 14.4. The summed E-state index contributed by atoms with van der Waals surface area (Å²) < 4.78 is 1.70. The number of hydrogen-bond acceptors (Lipinski definition) is 4. The molecule has 0 spiro atoms. The number of fused-ring (bicyclic) bond motifs is 1. The van der Waals surface area contributed by atoms with E-state index in [-0.39, 0.29) is 10.6 Å². The molecule has 1 N–H and O–H groups in total. The zero-order valence-electron chi connectivity index (χ0n) is 12.0. The minimum absolute atomic E-state index is 0.0360. The quantitative estimate of drug-likeness (QED) is 0.866. The molecule has 0 aliphatic carbocycles. The number of hydroxylamine groups is 2. The van der Waals surface area contributed by atoms with E-state index >= 15 is 0 Å². The highest BCUT2D eigenvalue weighted by atomic mass is 32.1. The monoisotopic (exact) mass is 282 g/mol. The van der Waals surface area contributed by atoms with Gasteiger partial charge in [0.05, 0.1) is 16.1 Å². The molecule has 1 aliphatic rings. The minimum atomic E-state index is -0.822. The fourth-order valence-electron chi connectivity index (χ4n) is 2.87. The van der Waals surface area contributed by atoms with E-state index in [2.05, 4.69) is 0 Å². The third-order valence-electron chi connectivity index (χ3n) is 3.70. The van der Waals surface area contributed by atoms with Crippen LogP contribution in [0, 0.1) is 5.41 Å². The average Bonchev–Trinajstić information content (AvgIpc) is 2.72. The number of nitrogens with one attached hydrogen (secondary N) is 1. The number of rotatable bonds is 3. The number of carbonyl (C=O) groups excluding carboxylic acids is 1. The fraction of sp³-hybridized carbons (Fsp3) is 0.692. The molecule has 0 unspecified atom stereocenters. The summed E-state index contributed by atoms with van der Waals surface area (Å²) in [5.41, 5.74) is -0.907. The highest BCUT2D eigenvalue weighted by Crippen LogP contribution is 2.45. The second kappa shape index (κ2) is 4.26. The van der Waals surface area contributed by atoms with E-state index in [1.165, 1.54) is 11.3 Å². The van der Waals surface area contributed by atoms with Gasteiger partial charge in [-0.2, -0.15) is 0 Å². The molecule has 1 aliphatic heterocycles. The van der Waals surface area contributed by atoms with Crippen molar-refractivity contribution in [3.63, 3.8) is 0 Å². The Morgan fingerprint density at radius 3 is 2.42 bits per heavy atom. The third kappa shape index (κ3) is 1.81. The SMILES string of the molecule is CCCC(=O)c1sc(=N)n2c1C(C)(C)N([O])C2(C)C. The molecule has 5 nitrogen and oxygen atoms in total. The van der Waals surface area contributed by atoms with E-state index in [0.29, 0.717) is 17.0 Å². The van der Waals surface area contributed by atoms with Crippen LogP contribution in [0.5, 0.6) is 0 Å². The first-order valence-electron chi connectivity index (χ1n) is 6.47. The summed E-state index contributed by atoms with van der Waals surface area (Å²) in [6.07, 6.45) is 1.23. The van der Waals surface area contributed by atoms with E-state index in [0.717, 1.165) is 11.5 Å². The van der Waals surface area contributed by atoms with Crippen LogP contribution in [-0.2, 0) is 16.4 Å². The van der Waals surface area contributed by atoms with Crippen LogP contribution in [0.1, 0.15) is 62.8 Å². The number of carbonyl (C=O) groups is 1. The predicted octanol–water partition coefficient (Wildman–Crippen LogP) is 2.60. The van der Waals surface area contributed by atoms with Gasteiger partial charge in [-0.25, -0.2) is 0 Å². The lowest BCUT2D eigenvalue weighted by Gasteiger charge is -2.31. The van der Waals surface area contributed by atoms with E-state index < -0.39 is 11.2 Å². The molecule has 6 heteroatoms. The van der Waals surface area contributed by atoms with Crippen LogP contribution in [0.25, 0.3) is 0 Å². The zero-order chi connectivity index (χ0) is 14.6. The highest BCUT2D eigenvalue weighted by molar-refractivity contribution is 7.11. The topological polar surface area (TPSA) is 69.0 Å². The van der Waals surface area contributed by atoms with Gasteiger partial charge < -0.3 is 0 Å². The van der Waals surface area contributed by atoms with Crippen molar-refractivity contribution in [2.45, 2.75) is 58.7 Å². The molecule has 0 saturated carbocycles. The standard InChI is InChI=1S/C13H20N3O2S/c1-6-7-8(17)9-10-12(2,3)16(18)13(4,5)15(10)11(14)19-9/h14H,6-7H2,1-5H3. The number of aromatic nitrogens is 1. The Kier molecular flexibility index (Phi) is 3.24. The summed E-state index contributed by atoms with van der Waals surface area (Å²) >= 11 is 1.19. The second-order valence-corrected chi connectivity index (χ2v) is 6.94.